The highest BCUT2D eigenvalue weighted by Crippen LogP contribution is 2.32. The van der Waals surface area contributed by atoms with E-state index in [0.717, 1.165) is 21.9 Å². The molecule has 0 bridgehead atoms. The maximum Gasteiger partial charge on any atom is 0.244 e. The second kappa shape index (κ2) is 5.79. The summed E-state index contributed by atoms with van der Waals surface area (Å²) in [6.45, 7) is 0.721. The Hall–Kier alpha value is -2.27. The van der Waals surface area contributed by atoms with Gasteiger partial charge in [0.05, 0.1) is 0 Å². The van der Waals surface area contributed by atoms with Crippen LogP contribution in [0.1, 0.15) is 10.4 Å². The molecular formula is C15H13NO3S. The molecule has 0 saturated heterocycles. The van der Waals surface area contributed by atoms with Crippen molar-refractivity contribution in [2.75, 3.05) is 6.79 Å². The van der Waals surface area contributed by atoms with Crippen molar-refractivity contribution in [3.05, 3.63) is 52.2 Å². The van der Waals surface area contributed by atoms with Gasteiger partial charge in [0.15, 0.2) is 11.5 Å². The summed E-state index contributed by atoms with van der Waals surface area (Å²) in [5.74, 6) is 1.36. The lowest BCUT2D eigenvalue weighted by molar-refractivity contribution is -0.116. The summed E-state index contributed by atoms with van der Waals surface area (Å²) in [4.78, 5) is 12.8. The first-order valence-electron chi connectivity index (χ1n) is 6.19. The first-order valence-corrected chi connectivity index (χ1v) is 7.07. The van der Waals surface area contributed by atoms with E-state index >= 15 is 0 Å². The molecule has 2 aromatic rings. The van der Waals surface area contributed by atoms with Crippen molar-refractivity contribution in [2.24, 2.45) is 0 Å². The minimum atomic E-state index is -0.115. The zero-order valence-electron chi connectivity index (χ0n) is 10.7. The summed E-state index contributed by atoms with van der Waals surface area (Å²) < 4.78 is 10.5. The van der Waals surface area contributed by atoms with Crippen LogP contribution in [0, 0.1) is 0 Å². The van der Waals surface area contributed by atoms with Crippen LogP contribution in [0.3, 0.4) is 0 Å². The fraction of sp³-hybridized carbons (Fsp3) is 0.133. The van der Waals surface area contributed by atoms with Crippen molar-refractivity contribution < 1.29 is 14.3 Å². The summed E-state index contributed by atoms with van der Waals surface area (Å²) >= 11 is 1.60. The van der Waals surface area contributed by atoms with Gasteiger partial charge >= 0.3 is 0 Å². The summed E-state index contributed by atoms with van der Waals surface area (Å²) in [6, 6.07) is 9.56. The summed E-state index contributed by atoms with van der Waals surface area (Å²) in [7, 11) is 0. The highest BCUT2D eigenvalue weighted by Gasteiger charge is 2.13. The molecule has 20 heavy (non-hydrogen) atoms. The second-order valence-corrected chi connectivity index (χ2v) is 5.23. The molecule has 0 fully saturated rings. The molecule has 4 nitrogen and oxygen atoms in total. The zero-order valence-corrected chi connectivity index (χ0v) is 11.5. The number of hydrogen-bond acceptors (Lipinski definition) is 4. The summed E-state index contributed by atoms with van der Waals surface area (Å²) in [6.07, 6.45) is 3.35. The van der Waals surface area contributed by atoms with Gasteiger partial charge in [-0.25, -0.2) is 0 Å². The topological polar surface area (TPSA) is 47.6 Å². The van der Waals surface area contributed by atoms with Crippen LogP contribution in [0.25, 0.3) is 6.08 Å². The van der Waals surface area contributed by atoms with Crippen LogP contribution in [-0.4, -0.2) is 12.7 Å². The van der Waals surface area contributed by atoms with Crippen LogP contribution in [0.5, 0.6) is 11.5 Å². The molecule has 0 saturated carbocycles. The van der Waals surface area contributed by atoms with Crippen molar-refractivity contribution in [1.82, 2.24) is 5.32 Å². The second-order valence-electron chi connectivity index (χ2n) is 4.25. The SMILES string of the molecule is O=C(/C=C/c1cccs1)NCc1ccc2c(c1)OCO2. The molecule has 2 heterocycles. The predicted octanol–water partition coefficient (Wildman–Crippen LogP) is 2.81. The van der Waals surface area contributed by atoms with Crippen molar-refractivity contribution >= 4 is 23.3 Å². The molecule has 3 rings (SSSR count). The number of hydrogen-bond donors (Lipinski definition) is 1. The third-order valence-electron chi connectivity index (χ3n) is 2.85. The first-order chi connectivity index (χ1) is 9.81. The lowest BCUT2D eigenvalue weighted by Gasteiger charge is -2.03. The lowest BCUT2D eigenvalue weighted by atomic mass is 10.2. The van der Waals surface area contributed by atoms with Crippen molar-refractivity contribution in [3.63, 3.8) is 0 Å². The Labute approximate surface area is 120 Å². The third kappa shape index (κ3) is 3.00. The molecule has 1 aliphatic heterocycles. The van der Waals surface area contributed by atoms with E-state index in [9.17, 15) is 4.79 Å². The van der Waals surface area contributed by atoms with Crippen LogP contribution in [0.2, 0.25) is 0 Å². The van der Waals surface area contributed by atoms with Crippen LogP contribution in [-0.2, 0) is 11.3 Å². The Bertz CT molecular complexity index is 635. The third-order valence-corrected chi connectivity index (χ3v) is 3.68. The zero-order chi connectivity index (χ0) is 13.8. The molecule has 1 amide bonds. The smallest absolute Gasteiger partial charge is 0.244 e. The minimum absolute atomic E-state index is 0.115. The van der Waals surface area contributed by atoms with Gasteiger partial charge in [-0.15, -0.1) is 11.3 Å². The minimum Gasteiger partial charge on any atom is -0.454 e. The molecule has 1 N–H and O–H groups in total. The number of carbonyl (C=O) groups is 1. The number of ether oxygens (including phenoxy) is 2. The highest BCUT2D eigenvalue weighted by atomic mass is 32.1. The van der Waals surface area contributed by atoms with E-state index in [-0.39, 0.29) is 12.7 Å². The lowest BCUT2D eigenvalue weighted by Crippen LogP contribution is -2.20. The number of fused-ring (bicyclic) bond motifs is 1. The Kier molecular flexibility index (Phi) is 3.69. The molecule has 5 heteroatoms. The number of nitrogens with one attached hydrogen (secondary N) is 1. The van der Waals surface area contributed by atoms with Crippen molar-refractivity contribution in [2.45, 2.75) is 6.54 Å². The number of carbonyl (C=O) groups excluding carboxylic acids is 1. The quantitative estimate of drug-likeness (QED) is 0.880. The molecule has 0 unspecified atom stereocenters. The standard InChI is InChI=1S/C15H13NO3S/c17-15(6-4-12-2-1-7-20-12)16-9-11-3-5-13-14(8-11)19-10-18-13/h1-8H,9-10H2,(H,16,17)/b6-4+. The van der Waals surface area contributed by atoms with Crippen LogP contribution in [0.15, 0.2) is 41.8 Å². The van der Waals surface area contributed by atoms with E-state index in [1.807, 2.05) is 35.7 Å². The largest absolute Gasteiger partial charge is 0.454 e. The molecular weight excluding hydrogens is 274 g/mol. The van der Waals surface area contributed by atoms with E-state index in [0.29, 0.717) is 6.54 Å². The first kappa shape index (κ1) is 12.7. The molecule has 1 aliphatic rings. The van der Waals surface area contributed by atoms with E-state index in [2.05, 4.69) is 5.32 Å². The number of amides is 1. The monoisotopic (exact) mass is 287 g/mol. The van der Waals surface area contributed by atoms with Gasteiger partial charge in [-0.2, -0.15) is 0 Å². The van der Waals surface area contributed by atoms with Crippen LogP contribution in [0.4, 0.5) is 0 Å². The summed E-state index contributed by atoms with van der Waals surface area (Å²) in [5.41, 5.74) is 0.979. The molecule has 1 aromatic heterocycles. The number of benzene rings is 1. The van der Waals surface area contributed by atoms with E-state index < -0.39 is 0 Å². The van der Waals surface area contributed by atoms with Crippen molar-refractivity contribution in [1.29, 1.82) is 0 Å². The Morgan fingerprint density at radius 2 is 2.20 bits per heavy atom. The van der Waals surface area contributed by atoms with Gasteiger partial charge in [-0.1, -0.05) is 12.1 Å². The van der Waals surface area contributed by atoms with Crippen LogP contribution < -0.4 is 14.8 Å². The van der Waals surface area contributed by atoms with Crippen LogP contribution >= 0.6 is 11.3 Å². The number of rotatable bonds is 4. The van der Waals surface area contributed by atoms with Gasteiger partial charge in [-0.3, -0.25) is 4.79 Å². The Balaban J connectivity index is 1.55. The predicted molar refractivity (Wildman–Crippen MR) is 77.8 cm³/mol. The highest BCUT2D eigenvalue weighted by molar-refractivity contribution is 7.10. The maximum atomic E-state index is 11.7. The normalized spacial score (nSPS) is 12.8. The fourth-order valence-electron chi connectivity index (χ4n) is 1.84. The van der Waals surface area contributed by atoms with Gasteiger partial charge in [0.1, 0.15) is 0 Å². The van der Waals surface area contributed by atoms with Crippen molar-refractivity contribution in [3.8, 4) is 11.5 Å². The van der Waals surface area contributed by atoms with Gasteiger partial charge in [0.25, 0.3) is 0 Å². The molecule has 0 spiro atoms. The summed E-state index contributed by atoms with van der Waals surface area (Å²) in [5, 5.41) is 4.81. The Morgan fingerprint density at radius 3 is 3.05 bits per heavy atom. The Morgan fingerprint density at radius 1 is 1.30 bits per heavy atom. The molecule has 102 valence electrons. The average Bonchev–Trinajstić information content (AvgIpc) is 3.13. The van der Waals surface area contributed by atoms with E-state index in [1.165, 1.54) is 0 Å². The number of thiophene rings is 1. The maximum absolute atomic E-state index is 11.7. The average molecular weight is 287 g/mol. The van der Waals surface area contributed by atoms with Gasteiger partial charge < -0.3 is 14.8 Å². The molecule has 0 radical (unpaired) electrons. The van der Waals surface area contributed by atoms with Gasteiger partial charge in [0.2, 0.25) is 12.7 Å². The van der Waals surface area contributed by atoms with Gasteiger partial charge in [-0.05, 0) is 35.2 Å². The molecule has 0 aliphatic carbocycles. The van der Waals surface area contributed by atoms with E-state index in [4.69, 9.17) is 9.47 Å². The molecule has 1 aromatic carbocycles. The van der Waals surface area contributed by atoms with Gasteiger partial charge in [0, 0.05) is 17.5 Å². The fourth-order valence-corrected chi connectivity index (χ4v) is 2.46. The molecule has 0 atom stereocenters. The van der Waals surface area contributed by atoms with E-state index in [1.54, 1.807) is 23.5 Å².